The Balaban J connectivity index is 3.27. The van der Waals surface area contributed by atoms with Gasteiger partial charge in [0, 0.05) is 0 Å². The van der Waals surface area contributed by atoms with Gasteiger partial charge in [-0.15, -0.1) is 0 Å². The van der Waals surface area contributed by atoms with E-state index < -0.39 is 49.0 Å². The number of hydrazone groups is 1. The first-order valence-electron chi connectivity index (χ1n) is 9.00. The molecule has 0 bridgehead atoms. The Morgan fingerprint density at radius 1 is 1.15 bits per heavy atom. The highest BCUT2D eigenvalue weighted by Crippen LogP contribution is 2.57. The van der Waals surface area contributed by atoms with Crippen molar-refractivity contribution >= 4 is 25.2 Å². The van der Waals surface area contributed by atoms with Gasteiger partial charge in [0.25, 0.3) is 0 Å². The number of rotatable bonds is 8. The SMILES string of the molecule is CCOC(=O)[C@H]1C(C(=O)OC(C)(C)C)=NN[C@@H]1P(=O)(OC(C)C)OC(C)C. The zero-order valence-electron chi connectivity index (χ0n) is 17.3. The third-order valence-corrected chi connectivity index (χ3v) is 5.66. The van der Waals surface area contributed by atoms with Crippen molar-refractivity contribution in [3.05, 3.63) is 0 Å². The molecular weight excluding hydrogens is 375 g/mol. The van der Waals surface area contributed by atoms with Crippen molar-refractivity contribution in [3.63, 3.8) is 0 Å². The summed E-state index contributed by atoms with van der Waals surface area (Å²) in [6.07, 6.45) is -0.880. The molecule has 10 heteroatoms. The van der Waals surface area contributed by atoms with Crippen molar-refractivity contribution in [2.45, 2.75) is 79.0 Å². The number of hydrogen-bond donors (Lipinski definition) is 1. The molecule has 156 valence electrons. The molecule has 1 heterocycles. The summed E-state index contributed by atoms with van der Waals surface area (Å²) in [6.45, 7) is 13.6. The largest absolute Gasteiger partial charge is 0.465 e. The van der Waals surface area contributed by atoms with Crippen LogP contribution >= 0.6 is 7.60 Å². The maximum atomic E-state index is 13.5. The Hall–Kier alpha value is -1.44. The highest BCUT2D eigenvalue weighted by atomic mass is 31.2. The minimum absolute atomic E-state index is 0.0873. The molecule has 0 amide bonds. The van der Waals surface area contributed by atoms with Gasteiger partial charge in [0.2, 0.25) is 0 Å². The van der Waals surface area contributed by atoms with Gasteiger partial charge in [-0.05, 0) is 55.4 Å². The first-order valence-corrected chi connectivity index (χ1v) is 10.6. The summed E-state index contributed by atoms with van der Waals surface area (Å²) in [5.41, 5.74) is 1.58. The normalized spacial score (nSPS) is 20.4. The monoisotopic (exact) mass is 406 g/mol. The molecule has 0 saturated heterocycles. The summed E-state index contributed by atoms with van der Waals surface area (Å²) in [6, 6.07) is 0. The van der Waals surface area contributed by atoms with Crippen molar-refractivity contribution in [3.8, 4) is 0 Å². The summed E-state index contributed by atoms with van der Waals surface area (Å²) in [4.78, 5) is 25.1. The Kier molecular flexibility index (Phi) is 8.01. The second-order valence-electron chi connectivity index (χ2n) is 7.65. The zero-order valence-corrected chi connectivity index (χ0v) is 18.2. The molecule has 0 aromatic heterocycles. The highest BCUT2D eigenvalue weighted by molar-refractivity contribution is 7.54. The van der Waals surface area contributed by atoms with E-state index in [9.17, 15) is 14.2 Å². The number of nitrogens with zero attached hydrogens (tertiary/aromatic N) is 1. The summed E-state index contributed by atoms with van der Waals surface area (Å²) in [5.74, 6) is -4.01. The fourth-order valence-corrected chi connectivity index (χ4v) is 4.72. The van der Waals surface area contributed by atoms with Crippen LogP contribution in [-0.4, -0.2) is 47.8 Å². The van der Waals surface area contributed by atoms with E-state index in [0.717, 1.165) is 0 Å². The third kappa shape index (κ3) is 6.59. The van der Waals surface area contributed by atoms with E-state index in [1.54, 1.807) is 55.4 Å². The average Bonchev–Trinajstić information content (AvgIpc) is 2.89. The van der Waals surface area contributed by atoms with Crippen molar-refractivity contribution in [1.29, 1.82) is 0 Å². The maximum Gasteiger partial charge on any atom is 0.356 e. The highest BCUT2D eigenvalue weighted by Gasteiger charge is 2.54. The summed E-state index contributed by atoms with van der Waals surface area (Å²) in [5, 5.41) is 3.93. The first-order chi connectivity index (χ1) is 12.3. The van der Waals surface area contributed by atoms with Gasteiger partial charge in [0.05, 0.1) is 18.8 Å². The minimum Gasteiger partial charge on any atom is -0.465 e. The van der Waals surface area contributed by atoms with Crippen molar-refractivity contribution in [2.24, 2.45) is 11.0 Å². The van der Waals surface area contributed by atoms with E-state index in [0.29, 0.717) is 0 Å². The van der Waals surface area contributed by atoms with Crippen LogP contribution in [0, 0.1) is 5.92 Å². The van der Waals surface area contributed by atoms with Crippen LogP contribution in [-0.2, 0) is 32.7 Å². The molecule has 0 unspecified atom stereocenters. The number of hydrogen-bond acceptors (Lipinski definition) is 9. The standard InChI is InChI=1S/C17H31N2O7P/c1-9-23-15(20)12-13(16(21)24-17(6,7)8)18-19-14(12)27(22,25-10(2)3)26-11(4)5/h10-12,14,19H,9H2,1-8H3/t12-,14+/m0/s1. The lowest BCUT2D eigenvalue weighted by Gasteiger charge is -2.30. The summed E-state index contributed by atoms with van der Waals surface area (Å²) >= 11 is 0. The molecule has 0 radical (unpaired) electrons. The van der Waals surface area contributed by atoms with E-state index in [4.69, 9.17) is 18.5 Å². The topological polar surface area (TPSA) is 113 Å². The van der Waals surface area contributed by atoms with E-state index in [1.165, 1.54) is 0 Å². The predicted octanol–water partition coefficient (Wildman–Crippen LogP) is 2.84. The van der Waals surface area contributed by atoms with Gasteiger partial charge in [-0.25, -0.2) is 4.79 Å². The predicted molar refractivity (Wildman–Crippen MR) is 100 cm³/mol. The first kappa shape index (κ1) is 23.6. The lowest BCUT2D eigenvalue weighted by Crippen LogP contribution is -2.42. The van der Waals surface area contributed by atoms with Crippen LogP contribution in [0.1, 0.15) is 55.4 Å². The van der Waals surface area contributed by atoms with Crippen LogP contribution in [0.4, 0.5) is 0 Å². The smallest absolute Gasteiger partial charge is 0.356 e. The van der Waals surface area contributed by atoms with Gasteiger partial charge in [0.15, 0.2) is 11.5 Å². The fraction of sp³-hybridized carbons (Fsp3) is 0.824. The molecule has 1 rings (SSSR count). The van der Waals surface area contributed by atoms with Gasteiger partial charge in [-0.2, -0.15) is 5.10 Å². The van der Waals surface area contributed by atoms with E-state index in [-0.39, 0.29) is 12.3 Å². The molecule has 0 aliphatic carbocycles. The molecule has 9 nitrogen and oxygen atoms in total. The lowest BCUT2D eigenvalue weighted by atomic mass is 10.0. The van der Waals surface area contributed by atoms with Crippen molar-refractivity contribution in [2.75, 3.05) is 6.61 Å². The molecule has 0 spiro atoms. The molecule has 1 aliphatic rings. The van der Waals surface area contributed by atoms with Crippen LogP contribution in [0.3, 0.4) is 0 Å². The van der Waals surface area contributed by atoms with Gasteiger partial charge < -0.3 is 18.5 Å². The molecule has 1 aliphatic heterocycles. The molecule has 0 fully saturated rings. The summed E-state index contributed by atoms with van der Waals surface area (Å²) in [7, 11) is -3.88. The molecule has 0 saturated carbocycles. The van der Waals surface area contributed by atoms with Gasteiger partial charge >= 0.3 is 19.5 Å². The fourth-order valence-electron chi connectivity index (χ4n) is 2.40. The Morgan fingerprint density at radius 3 is 2.07 bits per heavy atom. The second-order valence-corrected chi connectivity index (χ2v) is 9.71. The van der Waals surface area contributed by atoms with Gasteiger partial charge in [-0.3, -0.25) is 14.8 Å². The lowest BCUT2D eigenvalue weighted by molar-refractivity contribution is -0.150. The van der Waals surface area contributed by atoms with E-state index in [2.05, 4.69) is 10.5 Å². The van der Waals surface area contributed by atoms with Crippen LogP contribution in [0.25, 0.3) is 0 Å². The quantitative estimate of drug-likeness (QED) is 0.484. The number of nitrogens with one attached hydrogen (secondary N) is 1. The number of esters is 2. The van der Waals surface area contributed by atoms with Crippen LogP contribution in [0.5, 0.6) is 0 Å². The van der Waals surface area contributed by atoms with Gasteiger partial charge in [-0.1, -0.05) is 0 Å². The number of ether oxygens (including phenoxy) is 2. The Morgan fingerprint density at radius 2 is 1.67 bits per heavy atom. The van der Waals surface area contributed by atoms with Crippen molar-refractivity contribution < 1.29 is 32.7 Å². The van der Waals surface area contributed by atoms with E-state index in [1.807, 2.05) is 0 Å². The molecule has 0 aromatic carbocycles. The van der Waals surface area contributed by atoms with Crippen LogP contribution < -0.4 is 5.43 Å². The van der Waals surface area contributed by atoms with Crippen molar-refractivity contribution in [1.82, 2.24) is 5.43 Å². The van der Waals surface area contributed by atoms with Gasteiger partial charge in [0.1, 0.15) is 11.5 Å². The average molecular weight is 406 g/mol. The summed E-state index contributed by atoms with van der Waals surface area (Å²) < 4.78 is 35.0. The molecule has 2 atom stereocenters. The molecule has 27 heavy (non-hydrogen) atoms. The third-order valence-electron chi connectivity index (χ3n) is 3.13. The number of carbonyl (C=O) groups excluding carboxylic acids is 2. The molecule has 1 N–H and O–H groups in total. The van der Waals surface area contributed by atoms with Crippen LogP contribution in [0.15, 0.2) is 5.10 Å². The Bertz CT molecular complexity index is 611. The zero-order chi connectivity index (χ0) is 21.0. The van der Waals surface area contributed by atoms with Crippen LogP contribution in [0.2, 0.25) is 0 Å². The van der Waals surface area contributed by atoms with E-state index >= 15 is 0 Å². The Labute approximate surface area is 160 Å². The number of carbonyl (C=O) groups is 2. The maximum absolute atomic E-state index is 13.5. The molecule has 0 aromatic rings. The second kappa shape index (κ2) is 9.17. The molecular formula is C17H31N2O7P. The minimum atomic E-state index is -3.88.